The molecule has 0 radical (unpaired) electrons. The Bertz CT molecular complexity index is 2210. The molecule has 0 saturated carbocycles. The maximum Gasteiger partial charge on any atom is 0.258 e. The number of ether oxygens (including phenoxy) is 1. The molecule has 0 aliphatic carbocycles. The van der Waals surface area contributed by atoms with Gasteiger partial charge in [-0.15, -0.1) is 0 Å². The fraction of sp³-hybridized carbons (Fsp3) is 0.512. The van der Waals surface area contributed by atoms with E-state index < -0.39 is 0 Å². The van der Waals surface area contributed by atoms with Crippen molar-refractivity contribution in [3.05, 3.63) is 70.5 Å². The number of aromatic nitrogens is 5. The minimum Gasteiger partial charge on any atom is -0.508 e. The van der Waals surface area contributed by atoms with Gasteiger partial charge >= 0.3 is 0 Å². The molecule has 9 rings (SSSR count). The van der Waals surface area contributed by atoms with Crippen LogP contribution < -0.4 is 15.5 Å². The number of benzene rings is 2. The molecule has 316 valence electrons. The van der Waals surface area contributed by atoms with Gasteiger partial charge in [0.25, 0.3) is 5.91 Å². The molecular formula is C43H54N12O5. The van der Waals surface area contributed by atoms with Crippen LogP contribution in [0.4, 0.5) is 17.8 Å². The van der Waals surface area contributed by atoms with Crippen molar-refractivity contribution >= 4 is 29.7 Å². The molecule has 17 heteroatoms. The van der Waals surface area contributed by atoms with E-state index in [1.54, 1.807) is 23.4 Å². The number of anilines is 3. The lowest BCUT2D eigenvalue weighted by Gasteiger charge is -2.49. The summed E-state index contributed by atoms with van der Waals surface area (Å²) in [5.41, 5.74) is 10.7. The number of nitrogen functional groups attached to an aromatic ring is 1. The third-order valence-electron chi connectivity index (χ3n) is 12.7. The van der Waals surface area contributed by atoms with Crippen molar-refractivity contribution in [2.75, 3.05) is 94.2 Å². The van der Waals surface area contributed by atoms with Crippen LogP contribution in [-0.2, 0) is 29.2 Å². The Balaban J connectivity index is 0.736. The monoisotopic (exact) mass is 818 g/mol. The van der Waals surface area contributed by atoms with Gasteiger partial charge in [0, 0.05) is 102 Å². The van der Waals surface area contributed by atoms with Crippen LogP contribution in [0.1, 0.15) is 65.2 Å². The molecule has 17 nitrogen and oxygen atoms in total. The highest BCUT2D eigenvalue weighted by atomic mass is 16.5. The first-order valence-corrected chi connectivity index (χ1v) is 21.2. The second-order valence-corrected chi connectivity index (χ2v) is 17.0. The number of piperazine rings is 1. The van der Waals surface area contributed by atoms with Crippen molar-refractivity contribution in [1.82, 2.24) is 44.5 Å². The van der Waals surface area contributed by atoms with Gasteiger partial charge < -0.3 is 40.3 Å². The van der Waals surface area contributed by atoms with Gasteiger partial charge in [0.2, 0.25) is 23.8 Å². The molecule has 0 unspecified atom stereocenters. The number of amides is 2. The summed E-state index contributed by atoms with van der Waals surface area (Å²) < 4.78 is 5.56. The van der Waals surface area contributed by atoms with E-state index in [2.05, 4.69) is 47.8 Å². The lowest BCUT2D eigenvalue weighted by Crippen LogP contribution is -2.65. The van der Waals surface area contributed by atoms with Gasteiger partial charge in [0.05, 0.1) is 24.3 Å². The first-order valence-electron chi connectivity index (χ1n) is 21.2. The maximum absolute atomic E-state index is 13.6. The third kappa shape index (κ3) is 8.25. The zero-order chi connectivity index (χ0) is 41.5. The molecule has 5 aliphatic heterocycles. The fourth-order valence-corrected chi connectivity index (χ4v) is 9.08. The number of phenolic OH excluding ortho intramolecular Hbond substituents is 2. The predicted molar refractivity (Wildman–Crippen MR) is 224 cm³/mol. The molecule has 5 aliphatic rings. The Morgan fingerprint density at radius 3 is 2.15 bits per heavy atom. The van der Waals surface area contributed by atoms with Gasteiger partial charge in [-0.2, -0.15) is 15.0 Å². The highest BCUT2D eigenvalue weighted by Crippen LogP contribution is 2.35. The van der Waals surface area contributed by atoms with Crippen molar-refractivity contribution in [2.45, 2.75) is 58.3 Å². The average molecular weight is 819 g/mol. The van der Waals surface area contributed by atoms with Crippen LogP contribution in [0.15, 0.2) is 42.7 Å². The van der Waals surface area contributed by atoms with E-state index in [0.29, 0.717) is 74.3 Å². The van der Waals surface area contributed by atoms with E-state index >= 15 is 0 Å². The zero-order valence-electron chi connectivity index (χ0n) is 34.4. The zero-order valence-corrected chi connectivity index (χ0v) is 34.4. The molecule has 2 aromatic heterocycles. The van der Waals surface area contributed by atoms with E-state index in [-0.39, 0.29) is 46.7 Å². The molecule has 60 heavy (non-hydrogen) atoms. The van der Waals surface area contributed by atoms with Crippen LogP contribution >= 0.6 is 0 Å². The molecule has 2 amide bonds. The van der Waals surface area contributed by atoms with E-state index in [0.717, 1.165) is 82.9 Å². The topological polar surface area (TPSA) is 194 Å². The van der Waals surface area contributed by atoms with Crippen LogP contribution in [-0.4, -0.2) is 151 Å². The number of phenols is 2. The Hall–Kier alpha value is -5.65. The SMILES string of the molecule is CC(C)c1cc(C(=O)N2Cc3ccc(CN4CCC(C(=O)N5CC(N6CCN(c7nc(-c8cnc(N)nc8)nc(N8CCOCC8)n7)CC6)C5)CC4)cc3C2)c(O)cc1O. The lowest BCUT2D eigenvalue weighted by molar-refractivity contribution is -0.144. The Morgan fingerprint density at radius 1 is 0.800 bits per heavy atom. The highest BCUT2D eigenvalue weighted by molar-refractivity contribution is 5.97. The van der Waals surface area contributed by atoms with Crippen LogP contribution in [0, 0.1) is 5.92 Å². The maximum atomic E-state index is 13.6. The van der Waals surface area contributed by atoms with Gasteiger partial charge in [0.1, 0.15) is 11.5 Å². The molecule has 4 fully saturated rings. The Labute approximate surface area is 349 Å². The summed E-state index contributed by atoms with van der Waals surface area (Å²) in [7, 11) is 0. The Kier molecular flexibility index (Phi) is 11.1. The normalized spacial score (nSPS) is 19.5. The van der Waals surface area contributed by atoms with Crippen LogP contribution in [0.5, 0.6) is 11.5 Å². The number of aromatic hydroxyl groups is 2. The molecule has 4 aromatic rings. The summed E-state index contributed by atoms with van der Waals surface area (Å²) in [5, 5.41) is 20.8. The number of hydrogen-bond donors (Lipinski definition) is 3. The predicted octanol–water partition coefficient (Wildman–Crippen LogP) is 2.68. The summed E-state index contributed by atoms with van der Waals surface area (Å²) in [6.07, 6.45) is 4.98. The summed E-state index contributed by atoms with van der Waals surface area (Å²) in [6.45, 7) is 14.9. The summed E-state index contributed by atoms with van der Waals surface area (Å²) >= 11 is 0. The van der Waals surface area contributed by atoms with E-state index in [9.17, 15) is 19.8 Å². The lowest BCUT2D eigenvalue weighted by atomic mass is 9.92. The smallest absolute Gasteiger partial charge is 0.258 e. The number of fused-ring (bicyclic) bond motifs is 1. The van der Waals surface area contributed by atoms with Gasteiger partial charge in [-0.05, 0) is 60.2 Å². The minimum atomic E-state index is -0.245. The number of carbonyl (C=O) groups excluding carboxylic acids is 2. The summed E-state index contributed by atoms with van der Waals surface area (Å²) in [5.74, 6) is 1.87. The molecule has 4 N–H and O–H groups in total. The summed E-state index contributed by atoms with van der Waals surface area (Å²) in [6, 6.07) is 9.67. The van der Waals surface area contributed by atoms with Crippen molar-refractivity contribution in [3.63, 3.8) is 0 Å². The van der Waals surface area contributed by atoms with Gasteiger partial charge in [0.15, 0.2) is 5.82 Å². The molecule has 2 aromatic carbocycles. The molecule has 0 atom stereocenters. The number of nitrogens with two attached hydrogens (primary N) is 1. The number of carbonyl (C=O) groups is 2. The minimum absolute atomic E-state index is 0.00234. The number of morpholine rings is 1. The molecule has 4 saturated heterocycles. The Morgan fingerprint density at radius 2 is 1.47 bits per heavy atom. The second-order valence-electron chi connectivity index (χ2n) is 17.0. The average Bonchev–Trinajstić information content (AvgIpc) is 3.67. The van der Waals surface area contributed by atoms with Crippen molar-refractivity contribution < 1.29 is 24.5 Å². The largest absolute Gasteiger partial charge is 0.508 e. The molecule has 0 spiro atoms. The second kappa shape index (κ2) is 16.8. The van der Waals surface area contributed by atoms with Crippen LogP contribution in [0.25, 0.3) is 11.4 Å². The van der Waals surface area contributed by atoms with Crippen LogP contribution in [0.2, 0.25) is 0 Å². The number of rotatable bonds is 9. The van der Waals surface area contributed by atoms with E-state index in [4.69, 9.17) is 25.4 Å². The van der Waals surface area contributed by atoms with Gasteiger partial charge in [-0.3, -0.25) is 19.4 Å². The quantitative estimate of drug-likeness (QED) is 0.223. The number of likely N-dealkylation sites (tertiary alicyclic amines) is 2. The first kappa shape index (κ1) is 39.8. The van der Waals surface area contributed by atoms with Gasteiger partial charge in [-0.1, -0.05) is 32.0 Å². The van der Waals surface area contributed by atoms with Crippen molar-refractivity contribution in [1.29, 1.82) is 0 Å². The van der Waals surface area contributed by atoms with E-state index in [1.165, 1.54) is 11.6 Å². The molecule has 7 heterocycles. The van der Waals surface area contributed by atoms with Crippen LogP contribution in [0.3, 0.4) is 0 Å². The van der Waals surface area contributed by atoms with Gasteiger partial charge in [-0.25, -0.2) is 9.97 Å². The van der Waals surface area contributed by atoms with Crippen molar-refractivity contribution in [3.8, 4) is 22.9 Å². The van der Waals surface area contributed by atoms with E-state index in [1.807, 2.05) is 18.7 Å². The number of piperidine rings is 1. The fourth-order valence-electron chi connectivity index (χ4n) is 9.08. The first-order chi connectivity index (χ1) is 29.1. The number of hydrogen-bond acceptors (Lipinski definition) is 15. The molecule has 0 bridgehead atoms. The highest BCUT2D eigenvalue weighted by Gasteiger charge is 2.39. The standard InChI is InChI=1S/C43H54N12O5/c1-27(2)34-18-35(37(57)19-36(34)56)40(59)54-23-30-4-3-28(17-31(30)24-54)22-50-7-5-29(6-8-50)39(58)55-25-33(26-55)51-9-11-52(12-10-51)42-47-38(32-20-45-41(44)46-21-32)48-43(49-42)53-13-15-60-16-14-53/h3-4,17-21,27,29,33,56-57H,5-16,22-26H2,1-2H3,(H2,44,45,46). The van der Waals surface area contributed by atoms with Crippen molar-refractivity contribution in [2.24, 2.45) is 5.92 Å². The molecular weight excluding hydrogens is 765 g/mol. The third-order valence-corrected chi connectivity index (χ3v) is 12.7. The number of nitrogens with zero attached hydrogens (tertiary/aromatic N) is 11. The summed E-state index contributed by atoms with van der Waals surface area (Å²) in [4.78, 5) is 62.9.